The average Bonchev–Trinajstić information content (AvgIpc) is 2.38. The van der Waals surface area contributed by atoms with Crippen molar-refractivity contribution in [1.82, 2.24) is 10.3 Å². The second-order valence-electron chi connectivity index (χ2n) is 3.82. The maximum absolute atomic E-state index is 9.24. The van der Waals surface area contributed by atoms with Crippen LogP contribution >= 0.6 is 11.8 Å². The smallest absolute Gasteiger partial charge is 0.0864 e. The molecule has 0 amide bonds. The van der Waals surface area contributed by atoms with Gasteiger partial charge in [0.25, 0.3) is 0 Å². The van der Waals surface area contributed by atoms with Crippen LogP contribution in [-0.2, 0) is 0 Å². The van der Waals surface area contributed by atoms with E-state index in [2.05, 4.69) is 17.2 Å². The number of aliphatic hydroxyl groups is 2. The third-order valence-electron chi connectivity index (χ3n) is 2.53. The van der Waals surface area contributed by atoms with Crippen LogP contribution in [0.15, 0.2) is 23.2 Å². The summed E-state index contributed by atoms with van der Waals surface area (Å²) in [6, 6.07) is 4.28. The number of rotatable bonds is 7. The Hall–Kier alpha value is -0.620. The maximum Gasteiger partial charge on any atom is 0.0864 e. The quantitative estimate of drug-likeness (QED) is 0.640. The van der Waals surface area contributed by atoms with Gasteiger partial charge in [-0.3, -0.25) is 4.98 Å². The number of nitrogens with zero attached hydrogens (tertiary/aromatic N) is 1. The number of nitrogens with one attached hydrogen (secondary N) is 1. The highest BCUT2D eigenvalue weighted by Gasteiger charge is 2.08. The van der Waals surface area contributed by atoms with Gasteiger partial charge in [-0.2, -0.15) is 0 Å². The molecule has 5 heteroatoms. The Balaban J connectivity index is 2.55. The summed E-state index contributed by atoms with van der Waals surface area (Å²) < 4.78 is 0. The lowest BCUT2D eigenvalue weighted by atomic mass is 10.1. The van der Waals surface area contributed by atoms with Crippen LogP contribution in [0.5, 0.6) is 0 Å². The van der Waals surface area contributed by atoms with Gasteiger partial charge in [-0.05, 0) is 25.6 Å². The zero-order valence-corrected chi connectivity index (χ0v) is 11.1. The van der Waals surface area contributed by atoms with Gasteiger partial charge in [0.05, 0.1) is 18.4 Å². The van der Waals surface area contributed by atoms with E-state index in [0.717, 1.165) is 17.0 Å². The van der Waals surface area contributed by atoms with E-state index in [-0.39, 0.29) is 12.6 Å². The topological polar surface area (TPSA) is 65.4 Å². The molecule has 0 fully saturated rings. The van der Waals surface area contributed by atoms with Crippen molar-refractivity contribution in [2.75, 3.05) is 19.4 Å². The molecular formula is C12H20N2O2S. The molecule has 3 N–H and O–H groups in total. The molecule has 1 aromatic rings. The molecule has 0 aliphatic carbocycles. The molecule has 0 saturated heterocycles. The highest BCUT2D eigenvalue weighted by Crippen LogP contribution is 2.20. The minimum Gasteiger partial charge on any atom is -0.394 e. The predicted molar refractivity (Wildman–Crippen MR) is 70.1 cm³/mol. The fraction of sp³-hybridized carbons (Fsp3) is 0.583. The summed E-state index contributed by atoms with van der Waals surface area (Å²) in [5.41, 5.74) is 1.03. The van der Waals surface area contributed by atoms with Crippen LogP contribution in [0.2, 0.25) is 0 Å². The molecule has 1 heterocycles. The van der Waals surface area contributed by atoms with Crippen molar-refractivity contribution in [1.29, 1.82) is 0 Å². The molecule has 2 atom stereocenters. The van der Waals surface area contributed by atoms with E-state index in [1.54, 1.807) is 0 Å². The lowest BCUT2D eigenvalue weighted by Crippen LogP contribution is -2.16. The van der Waals surface area contributed by atoms with Crippen LogP contribution in [0.1, 0.15) is 25.1 Å². The maximum atomic E-state index is 9.24. The van der Waals surface area contributed by atoms with Gasteiger partial charge in [0.15, 0.2) is 0 Å². The molecule has 0 radical (unpaired) electrons. The minimum absolute atomic E-state index is 0.198. The highest BCUT2D eigenvalue weighted by atomic mass is 32.2. The van der Waals surface area contributed by atoms with Gasteiger partial charge in [-0.25, -0.2) is 0 Å². The second kappa shape index (κ2) is 7.66. The molecule has 96 valence electrons. The first-order valence-corrected chi connectivity index (χ1v) is 6.74. The molecule has 0 saturated carbocycles. The van der Waals surface area contributed by atoms with E-state index in [4.69, 9.17) is 5.11 Å². The van der Waals surface area contributed by atoms with E-state index in [1.165, 1.54) is 11.8 Å². The standard InChI is InChI=1S/C12H20N2O2S/c1-3-11(13-2)12-5-4-10(6-14-12)17-8-9(16)7-15/h4-6,9,11,13,15-16H,3,7-8H2,1-2H3. The SMILES string of the molecule is CCC(NC)c1ccc(SCC(O)CO)cn1. The van der Waals surface area contributed by atoms with Crippen molar-refractivity contribution in [2.45, 2.75) is 30.4 Å². The third kappa shape index (κ3) is 4.63. The van der Waals surface area contributed by atoms with Gasteiger partial charge in [-0.1, -0.05) is 6.92 Å². The molecule has 0 aromatic carbocycles. The molecule has 0 aliphatic heterocycles. The normalized spacial score (nSPS) is 14.6. The summed E-state index contributed by atoms with van der Waals surface area (Å²) in [6.07, 6.45) is 2.14. The van der Waals surface area contributed by atoms with Gasteiger partial charge >= 0.3 is 0 Å². The van der Waals surface area contributed by atoms with Crippen molar-refractivity contribution in [3.05, 3.63) is 24.0 Å². The largest absolute Gasteiger partial charge is 0.394 e. The van der Waals surface area contributed by atoms with E-state index < -0.39 is 6.10 Å². The Morgan fingerprint density at radius 3 is 2.71 bits per heavy atom. The third-order valence-corrected chi connectivity index (χ3v) is 3.65. The lowest BCUT2D eigenvalue weighted by molar-refractivity contribution is 0.113. The summed E-state index contributed by atoms with van der Waals surface area (Å²) in [6.45, 7) is 1.92. The Labute approximate surface area is 106 Å². The molecule has 1 rings (SSSR count). The van der Waals surface area contributed by atoms with E-state index in [1.807, 2.05) is 25.4 Å². The van der Waals surface area contributed by atoms with Crippen molar-refractivity contribution in [2.24, 2.45) is 0 Å². The van der Waals surface area contributed by atoms with Crippen molar-refractivity contribution >= 4 is 11.8 Å². The number of pyridine rings is 1. The van der Waals surface area contributed by atoms with Crippen LogP contribution in [0.4, 0.5) is 0 Å². The number of hydrogen-bond donors (Lipinski definition) is 3. The molecule has 17 heavy (non-hydrogen) atoms. The lowest BCUT2D eigenvalue weighted by Gasteiger charge is -2.13. The number of aliphatic hydroxyl groups excluding tert-OH is 2. The molecule has 1 aromatic heterocycles. The van der Waals surface area contributed by atoms with Crippen LogP contribution in [0, 0.1) is 0 Å². The molecule has 0 aliphatic rings. The number of hydrogen-bond acceptors (Lipinski definition) is 5. The predicted octanol–water partition coefficient (Wildman–Crippen LogP) is 1.20. The van der Waals surface area contributed by atoms with Crippen LogP contribution in [-0.4, -0.2) is 40.7 Å². The van der Waals surface area contributed by atoms with E-state index >= 15 is 0 Å². The first-order valence-electron chi connectivity index (χ1n) is 5.76. The number of aromatic nitrogens is 1. The average molecular weight is 256 g/mol. The molecule has 0 bridgehead atoms. The van der Waals surface area contributed by atoms with Crippen LogP contribution < -0.4 is 5.32 Å². The van der Waals surface area contributed by atoms with Gasteiger partial charge in [0.2, 0.25) is 0 Å². The van der Waals surface area contributed by atoms with Crippen molar-refractivity contribution < 1.29 is 10.2 Å². The van der Waals surface area contributed by atoms with E-state index in [9.17, 15) is 5.11 Å². The number of thioether (sulfide) groups is 1. The Morgan fingerprint density at radius 2 is 2.24 bits per heavy atom. The molecule has 2 unspecified atom stereocenters. The highest BCUT2D eigenvalue weighted by molar-refractivity contribution is 7.99. The summed E-state index contributed by atoms with van der Waals surface area (Å²) in [4.78, 5) is 5.40. The zero-order chi connectivity index (χ0) is 12.7. The summed E-state index contributed by atoms with van der Waals surface area (Å²) in [7, 11) is 1.93. The van der Waals surface area contributed by atoms with Gasteiger partial charge in [0.1, 0.15) is 0 Å². The van der Waals surface area contributed by atoms with Crippen molar-refractivity contribution in [3.8, 4) is 0 Å². The van der Waals surface area contributed by atoms with Crippen LogP contribution in [0.25, 0.3) is 0 Å². The Bertz CT molecular complexity index is 315. The monoisotopic (exact) mass is 256 g/mol. The van der Waals surface area contributed by atoms with Gasteiger partial charge < -0.3 is 15.5 Å². The molecular weight excluding hydrogens is 236 g/mol. The second-order valence-corrected chi connectivity index (χ2v) is 4.91. The fourth-order valence-electron chi connectivity index (χ4n) is 1.49. The minimum atomic E-state index is -0.666. The van der Waals surface area contributed by atoms with E-state index in [0.29, 0.717) is 5.75 Å². The van der Waals surface area contributed by atoms with Crippen molar-refractivity contribution in [3.63, 3.8) is 0 Å². The van der Waals surface area contributed by atoms with Gasteiger partial charge in [0, 0.05) is 22.9 Å². The molecule has 4 nitrogen and oxygen atoms in total. The Kier molecular flexibility index (Phi) is 6.50. The summed E-state index contributed by atoms with van der Waals surface area (Å²) in [5, 5.41) is 21.1. The van der Waals surface area contributed by atoms with Crippen LogP contribution in [0.3, 0.4) is 0 Å². The first kappa shape index (κ1) is 14.4. The molecule has 0 spiro atoms. The summed E-state index contributed by atoms with van der Waals surface area (Å²) >= 11 is 1.50. The summed E-state index contributed by atoms with van der Waals surface area (Å²) in [5.74, 6) is 0.487. The zero-order valence-electron chi connectivity index (χ0n) is 10.3. The first-order chi connectivity index (χ1) is 8.21. The fourth-order valence-corrected chi connectivity index (χ4v) is 2.27. The van der Waals surface area contributed by atoms with Gasteiger partial charge in [-0.15, -0.1) is 11.8 Å². The Morgan fingerprint density at radius 1 is 1.47 bits per heavy atom.